The van der Waals surface area contributed by atoms with E-state index in [0.29, 0.717) is 0 Å². The Kier molecular flexibility index (Phi) is 3.51. The SMILES string of the molecule is CC(C)=CC[Se+]1CCCC1. The van der Waals surface area contributed by atoms with Crippen LogP contribution in [0, 0.1) is 0 Å². The maximum absolute atomic E-state index is 2.44. The second-order valence-corrected chi connectivity index (χ2v) is 8.16. The van der Waals surface area contributed by atoms with Crippen LogP contribution in [0.1, 0.15) is 26.7 Å². The van der Waals surface area contributed by atoms with Gasteiger partial charge in [-0.15, -0.1) is 0 Å². The van der Waals surface area contributed by atoms with Crippen molar-refractivity contribution in [3.63, 3.8) is 0 Å². The molecule has 58 valence electrons. The van der Waals surface area contributed by atoms with Gasteiger partial charge in [0.25, 0.3) is 0 Å². The summed E-state index contributed by atoms with van der Waals surface area (Å²) >= 11 is -0.0899. The maximum atomic E-state index is 2.44. The minimum atomic E-state index is -0.0899. The van der Waals surface area contributed by atoms with E-state index in [1.54, 1.807) is 10.6 Å². The molecule has 1 saturated heterocycles. The predicted octanol–water partition coefficient (Wildman–Crippen LogP) is 3.24. The molecule has 0 amide bonds. The molecule has 1 rings (SSSR count). The molecule has 1 fully saturated rings. The molecule has 1 heteroatoms. The number of allylic oxidation sites excluding steroid dienone is 2. The van der Waals surface area contributed by atoms with Gasteiger partial charge >= 0.3 is 68.2 Å². The first kappa shape index (κ1) is 8.36. The van der Waals surface area contributed by atoms with Gasteiger partial charge in [0.05, 0.1) is 0 Å². The van der Waals surface area contributed by atoms with Crippen LogP contribution in [-0.2, 0) is 0 Å². The average Bonchev–Trinajstić information content (AvgIpc) is 2.34. The summed E-state index contributed by atoms with van der Waals surface area (Å²) in [6, 6.07) is 0. The molecule has 0 aromatic rings. The summed E-state index contributed by atoms with van der Waals surface area (Å²) in [5.41, 5.74) is 1.51. The molecule has 0 bridgehead atoms. The molecule has 0 spiro atoms. The van der Waals surface area contributed by atoms with Crippen LogP contribution in [0.2, 0.25) is 16.0 Å². The molecule has 1 heterocycles. The van der Waals surface area contributed by atoms with Crippen LogP contribution in [-0.4, -0.2) is 13.9 Å². The molecule has 1 aliphatic rings. The zero-order valence-electron chi connectivity index (χ0n) is 7.02. The molecule has 1 aliphatic heterocycles. The van der Waals surface area contributed by atoms with Crippen molar-refractivity contribution < 1.29 is 0 Å². The summed E-state index contributed by atoms with van der Waals surface area (Å²) in [6.07, 6.45) is 5.50. The molecule has 0 aromatic carbocycles. The first-order valence-electron chi connectivity index (χ1n) is 4.06. The van der Waals surface area contributed by atoms with Crippen molar-refractivity contribution in [1.82, 2.24) is 0 Å². The van der Waals surface area contributed by atoms with Gasteiger partial charge in [0.15, 0.2) is 0 Å². The van der Waals surface area contributed by atoms with Gasteiger partial charge in [-0.25, -0.2) is 0 Å². The van der Waals surface area contributed by atoms with E-state index in [4.69, 9.17) is 0 Å². The molecule has 0 unspecified atom stereocenters. The molecule has 0 aliphatic carbocycles. The van der Waals surface area contributed by atoms with Gasteiger partial charge in [0.2, 0.25) is 0 Å². The van der Waals surface area contributed by atoms with Crippen molar-refractivity contribution in [3.8, 4) is 0 Å². The van der Waals surface area contributed by atoms with E-state index in [1.807, 2.05) is 0 Å². The summed E-state index contributed by atoms with van der Waals surface area (Å²) in [7, 11) is 0. The molecule has 0 saturated carbocycles. The van der Waals surface area contributed by atoms with E-state index < -0.39 is 0 Å². The fourth-order valence-corrected chi connectivity index (χ4v) is 6.06. The molecule has 0 nitrogen and oxygen atoms in total. The Morgan fingerprint density at radius 2 is 1.90 bits per heavy atom. The van der Waals surface area contributed by atoms with Gasteiger partial charge in [-0.3, -0.25) is 0 Å². The number of hydrogen-bond donors (Lipinski definition) is 0. The van der Waals surface area contributed by atoms with E-state index in [0.717, 1.165) is 0 Å². The van der Waals surface area contributed by atoms with E-state index in [2.05, 4.69) is 19.9 Å². The Labute approximate surface area is 68.6 Å². The second kappa shape index (κ2) is 4.20. The van der Waals surface area contributed by atoms with Crippen molar-refractivity contribution in [2.24, 2.45) is 0 Å². The third-order valence-corrected chi connectivity index (χ3v) is 6.82. The van der Waals surface area contributed by atoms with Crippen molar-refractivity contribution in [2.45, 2.75) is 42.6 Å². The summed E-state index contributed by atoms with van der Waals surface area (Å²) in [5, 5.41) is 4.66. The fraction of sp³-hybridized carbons (Fsp3) is 0.778. The van der Waals surface area contributed by atoms with E-state index >= 15 is 0 Å². The van der Waals surface area contributed by atoms with Gasteiger partial charge in [-0.05, 0) is 0 Å². The van der Waals surface area contributed by atoms with Crippen LogP contribution in [0.5, 0.6) is 0 Å². The van der Waals surface area contributed by atoms with E-state index in [-0.39, 0.29) is 13.9 Å². The Morgan fingerprint density at radius 1 is 1.30 bits per heavy atom. The Balaban J connectivity index is 2.18. The normalized spacial score (nSPS) is 19.4. The molecule has 0 radical (unpaired) electrons. The summed E-state index contributed by atoms with van der Waals surface area (Å²) in [4.78, 5) is 0. The van der Waals surface area contributed by atoms with Crippen LogP contribution in [0.3, 0.4) is 0 Å². The van der Waals surface area contributed by atoms with Gasteiger partial charge in [0, 0.05) is 0 Å². The van der Waals surface area contributed by atoms with Gasteiger partial charge < -0.3 is 0 Å². The topological polar surface area (TPSA) is 0 Å². The second-order valence-electron chi connectivity index (χ2n) is 3.18. The Morgan fingerprint density at radius 3 is 2.40 bits per heavy atom. The standard InChI is InChI=1S/C9H17Se/c1-9(2)5-8-10-6-3-4-7-10/h5H,3-4,6-8H2,1-2H3/q+1. The summed E-state index contributed by atoms with van der Waals surface area (Å²) < 4.78 is 0. The van der Waals surface area contributed by atoms with Crippen LogP contribution in [0.25, 0.3) is 0 Å². The Hall–Kier alpha value is 0.259. The molecule has 10 heavy (non-hydrogen) atoms. The minimum absolute atomic E-state index is 0.0899. The van der Waals surface area contributed by atoms with Crippen LogP contribution < -0.4 is 0 Å². The quantitative estimate of drug-likeness (QED) is 0.478. The molecular weight excluding hydrogens is 187 g/mol. The van der Waals surface area contributed by atoms with E-state index in [9.17, 15) is 0 Å². The van der Waals surface area contributed by atoms with Crippen LogP contribution in [0.15, 0.2) is 11.6 Å². The van der Waals surface area contributed by atoms with Crippen molar-refractivity contribution >= 4 is 13.9 Å². The first-order valence-corrected chi connectivity index (χ1v) is 7.70. The van der Waals surface area contributed by atoms with Gasteiger partial charge in [0.1, 0.15) is 0 Å². The first-order chi connectivity index (χ1) is 4.79. The van der Waals surface area contributed by atoms with Crippen LogP contribution >= 0.6 is 0 Å². The molecule has 0 N–H and O–H groups in total. The molecule has 0 atom stereocenters. The third-order valence-electron chi connectivity index (χ3n) is 1.84. The molecular formula is C9H17Se+. The van der Waals surface area contributed by atoms with Crippen molar-refractivity contribution in [3.05, 3.63) is 11.6 Å². The zero-order chi connectivity index (χ0) is 7.40. The van der Waals surface area contributed by atoms with Crippen LogP contribution in [0.4, 0.5) is 0 Å². The average molecular weight is 204 g/mol. The van der Waals surface area contributed by atoms with Crippen molar-refractivity contribution in [1.29, 1.82) is 0 Å². The monoisotopic (exact) mass is 205 g/mol. The fourth-order valence-electron chi connectivity index (χ4n) is 1.17. The van der Waals surface area contributed by atoms with Gasteiger partial charge in [-0.1, -0.05) is 0 Å². The zero-order valence-corrected chi connectivity index (χ0v) is 8.73. The number of hydrogen-bond acceptors (Lipinski definition) is 0. The summed E-state index contributed by atoms with van der Waals surface area (Å²) in [5.74, 6) is 0. The predicted molar refractivity (Wildman–Crippen MR) is 48.8 cm³/mol. The number of rotatable bonds is 2. The van der Waals surface area contributed by atoms with Gasteiger partial charge in [-0.2, -0.15) is 0 Å². The third kappa shape index (κ3) is 2.90. The Bertz CT molecular complexity index is 117. The summed E-state index contributed by atoms with van der Waals surface area (Å²) in [6.45, 7) is 4.42. The van der Waals surface area contributed by atoms with Crippen molar-refractivity contribution in [2.75, 3.05) is 0 Å². The molecule has 0 aromatic heterocycles. The van der Waals surface area contributed by atoms with E-state index in [1.165, 1.54) is 23.7 Å².